The van der Waals surface area contributed by atoms with Gasteiger partial charge in [-0.15, -0.1) is 0 Å². The number of aromatic hydroxyl groups is 2. The molecule has 0 spiro atoms. The summed E-state index contributed by atoms with van der Waals surface area (Å²) in [5.41, 5.74) is 2.99. The Morgan fingerprint density at radius 1 is 1.05 bits per heavy atom. The second-order valence-electron chi connectivity index (χ2n) is 4.48. The Labute approximate surface area is 112 Å². The largest absolute Gasteiger partial charge is 0.504 e. The molecule has 19 heavy (non-hydrogen) atoms. The molecule has 0 aliphatic carbocycles. The van der Waals surface area contributed by atoms with Gasteiger partial charge in [-0.05, 0) is 30.5 Å². The Hall–Kier alpha value is -2.29. The minimum atomic E-state index is -0.0833. The average molecular weight is 255 g/mol. The van der Waals surface area contributed by atoms with E-state index in [1.54, 1.807) is 12.1 Å². The fourth-order valence-electron chi connectivity index (χ4n) is 1.79. The highest BCUT2D eigenvalue weighted by molar-refractivity contribution is 5.79. The summed E-state index contributed by atoms with van der Waals surface area (Å²) < 4.78 is 0. The van der Waals surface area contributed by atoms with Crippen LogP contribution in [0.3, 0.4) is 0 Å². The Morgan fingerprint density at radius 2 is 1.79 bits per heavy atom. The molecule has 0 fully saturated rings. The summed E-state index contributed by atoms with van der Waals surface area (Å²) in [7, 11) is 0. The average Bonchev–Trinajstić information content (AvgIpc) is 2.41. The van der Waals surface area contributed by atoms with E-state index in [2.05, 4.69) is 4.99 Å². The molecule has 3 nitrogen and oxygen atoms in total. The standard InChI is InChI=1S/C16H17NO2/c1-12-5-7-13(8-6-12)11-17-10-9-14-3-2-4-15(18)16(14)19/h2-8,11,18-19H,9-10H2,1H3. The van der Waals surface area contributed by atoms with Gasteiger partial charge < -0.3 is 10.2 Å². The first kappa shape index (κ1) is 13.1. The quantitative estimate of drug-likeness (QED) is 0.651. The van der Waals surface area contributed by atoms with Crippen LogP contribution in [-0.2, 0) is 6.42 Å². The molecule has 0 aliphatic rings. The lowest BCUT2D eigenvalue weighted by Gasteiger charge is -2.03. The summed E-state index contributed by atoms with van der Waals surface area (Å²) in [4.78, 5) is 4.32. The summed E-state index contributed by atoms with van der Waals surface area (Å²) in [6, 6.07) is 13.1. The smallest absolute Gasteiger partial charge is 0.160 e. The number of phenolic OH excluding ortho intramolecular Hbond substituents is 2. The summed E-state index contributed by atoms with van der Waals surface area (Å²) in [5.74, 6) is -0.131. The van der Waals surface area contributed by atoms with Crippen molar-refractivity contribution in [2.75, 3.05) is 6.54 Å². The van der Waals surface area contributed by atoms with Crippen LogP contribution in [0.4, 0.5) is 0 Å². The van der Waals surface area contributed by atoms with Gasteiger partial charge in [0.05, 0.1) is 0 Å². The van der Waals surface area contributed by atoms with Crippen molar-refractivity contribution >= 4 is 6.21 Å². The maximum absolute atomic E-state index is 9.64. The van der Waals surface area contributed by atoms with E-state index in [-0.39, 0.29) is 11.5 Å². The van der Waals surface area contributed by atoms with Gasteiger partial charge in [0.2, 0.25) is 0 Å². The summed E-state index contributed by atoms with van der Waals surface area (Å²) >= 11 is 0. The van der Waals surface area contributed by atoms with Crippen molar-refractivity contribution in [1.29, 1.82) is 0 Å². The summed E-state index contributed by atoms with van der Waals surface area (Å²) in [6.45, 7) is 2.62. The topological polar surface area (TPSA) is 52.8 Å². The number of aliphatic imine (C=N–C) groups is 1. The van der Waals surface area contributed by atoms with E-state index in [9.17, 15) is 10.2 Å². The zero-order chi connectivity index (χ0) is 13.7. The molecule has 0 unspecified atom stereocenters. The van der Waals surface area contributed by atoms with E-state index < -0.39 is 0 Å². The molecule has 0 amide bonds. The molecule has 98 valence electrons. The van der Waals surface area contributed by atoms with Gasteiger partial charge >= 0.3 is 0 Å². The Bertz CT molecular complexity index is 574. The zero-order valence-corrected chi connectivity index (χ0v) is 10.9. The molecule has 0 heterocycles. The first-order valence-corrected chi connectivity index (χ1v) is 6.23. The van der Waals surface area contributed by atoms with E-state index in [1.165, 1.54) is 11.6 Å². The molecule has 0 saturated heterocycles. The van der Waals surface area contributed by atoms with Gasteiger partial charge in [-0.2, -0.15) is 0 Å². The molecule has 0 aliphatic heterocycles. The predicted molar refractivity (Wildman–Crippen MR) is 77.1 cm³/mol. The molecular formula is C16H17NO2. The number of nitrogens with zero attached hydrogens (tertiary/aromatic N) is 1. The van der Waals surface area contributed by atoms with Crippen LogP contribution in [0.15, 0.2) is 47.5 Å². The van der Waals surface area contributed by atoms with Gasteiger partial charge in [0, 0.05) is 12.8 Å². The minimum Gasteiger partial charge on any atom is -0.504 e. The highest BCUT2D eigenvalue weighted by Gasteiger charge is 2.04. The molecule has 2 aromatic carbocycles. The predicted octanol–water partition coefficient (Wildman–Crippen LogP) is 3.07. The molecule has 3 heteroatoms. The molecule has 2 N–H and O–H groups in total. The second-order valence-corrected chi connectivity index (χ2v) is 4.48. The highest BCUT2D eigenvalue weighted by Crippen LogP contribution is 2.28. The molecule has 2 aromatic rings. The Kier molecular flexibility index (Phi) is 4.18. The van der Waals surface area contributed by atoms with Gasteiger partial charge in [-0.3, -0.25) is 4.99 Å². The Morgan fingerprint density at radius 3 is 2.53 bits per heavy atom. The molecule has 0 bridgehead atoms. The number of phenols is 2. The summed E-state index contributed by atoms with van der Waals surface area (Å²) in [5, 5.41) is 19.0. The monoisotopic (exact) mass is 255 g/mol. The number of hydrogen-bond acceptors (Lipinski definition) is 3. The van der Waals surface area contributed by atoms with Crippen molar-refractivity contribution in [3.63, 3.8) is 0 Å². The Balaban J connectivity index is 1.93. The van der Waals surface area contributed by atoms with Crippen molar-refractivity contribution in [3.8, 4) is 11.5 Å². The third-order valence-corrected chi connectivity index (χ3v) is 2.93. The van der Waals surface area contributed by atoms with Gasteiger partial charge in [-0.25, -0.2) is 0 Å². The number of benzene rings is 2. The molecular weight excluding hydrogens is 238 g/mol. The van der Waals surface area contributed by atoms with Crippen LogP contribution in [0.25, 0.3) is 0 Å². The van der Waals surface area contributed by atoms with Crippen LogP contribution in [0.1, 0.15) is 16.7 Å². The van der Waals surface area contributed by atoms with Gasteiger partial charge in [-0.1, -0.05) is 42.0 Å². The number of rotatable bonds is 4. The van der Waals surface area contributed by atoms with Crippen molar-refractivity contribution < 1.29 is 10.2 Å². The van der Waals surface area contributed by atoms with Crippen molar-refractivity contribution in [2.24, 2.45) is 4.99 Å². The molecule has 0 radical (unpaired) electrons. The van der Waals surface area contributed by atoms with Crippen molar-refractivity contribution in [1.82, 2.24) is 0 Å². The minimum absolute atomic E-state index is 0.0481. The normalized spacial score (nSPS) is 11.0. The maximum Gasteiger partial charge on any atom is 0.160 e. The first-order chi connectivity index (χ1) is 9.16. The zero-order valence-electron chi connectivity index (χ0n) is 10.9. The fraction of sp³-hybridized carbons (Fsp3) is 0.188. The lowest BCUT2D eigenvalue weighted by Crippen LogP contribution is -1.91. The van der Waals surface area contributed by atoms with Crippen LogP contribution in [-0.4, -0.2) is 23.0 Å². The van der Waals surface area contributed by atoms with Gasteiger partial charge in [0.1, 0.15) is 0 Å². The first-order valence-electron chi connectivity index (χ1n) is 6.23. The lowest BCUT2D eigenvalue weighted by molar-refractivity contribution is 0.399. The van der Waals surface area contributed by atoms with Crippen LogP contribution < -0.4 is 0 Å². The van der Waals surface area contributed by atoms with Gasteiger partial charge in [0.25, 0.3) is 0 Å². The van der Waals surface area contributed by atoms with Crippen molar-refractivity contribution in [3.05, 3.63) is 59.2 Å². The van der Waals surface area contributed by atoms with E-state index in [0.29, 0.717) is 18.5 Å². The van der Waals surface area contributed by atoms with Crippen molar-refractivity contribution in [2.45, 2.75) is 13.3 Å². The fourth-order valence-corrected chi connectivity index (χ4v) is 1.79. The molecule has 0 saturated carbocycles. The number of hydrogen-bond donors (Lipinski definition) is 2. The number of aryl methyl sites for hydroxylation is 1. The lowest BCUT2D eigenvalue weighted by atomic mass is 10.1. The molecule has 0 atom stereocenters. The van der Waals surface area contributed by atoms with Crippen LogP contribution in [0.2, 0.25) is 0 Å². The second kappa shape index (κ2) is 6.05. The van der Waals surface area contributed by atoms with Crippen LogP contribution >= 0.6 is 0 Å². The van der Waals surface area contributed by atoms with E-state index in [4.69, 9.17) is 0 Å². The third-order valence-electron chi connectivity index (χ3n) is 2.93. The molecule has 0 aromatic heterocycles. The maximum atomic E-state index is 9.64. The van der Waals surface area contributed by atoms with Crippen LogP contribution in [0, 0.1) is 6.92 Å². The SMILES string of the molecule is Cc1ccc(C=NCCc2cccc(O)c2O)cc1. The van der Waals surface area contributed by atoms with E-state index in [1.807, 2.05) is 37.4 Å². The summed E-state index contributed by atoms with van der Waals surface area (Å²) in [6.07, 6.45) is 2.42. The van der Waals surface area contributed by atoms with Crippen LogP contribution in [0.5, 0.6) is 11.5 Å². The highest BCUT2D eigenvalue weighted by atomic mass is 16.3. The van der Waals surface area contributed by atoms with E-state index in [0.717, 1.165) is 5.56 Å². The molecule has 2 rings (SSSR count). The van der Waals surface area contributed by atoms with Gasteiger partial charge in [0.15, 0.2) is 11.5 Å². The number of para-hydroxylation sites is 1. The third kappa shape index (κ3) is 3.58. The van der Waals surface area contributed by atoms with E-state index >= 15 is 0 Å².